The van der Waals surface area contributed by atoms with Crippen LogP contribution in [0.4, 0.5) is 5.13 Å². The summed E-state index contributed by atoms with van der Waals surface area (Å²) in [7, 11) is 0. The number of nitrogens with zero attached hydrogens (tertiary/aromatic N) is 2. The van der Waals surface area contributed by atoms with Gasteiger partial charge in [0.25, 0.3) is 5.78 Å². The van der Waals surface area contributed by atoms with E-state index >= 15 is 0 Å². The number of ketones is 1. The Bertz CT molecular complexity index is 1660. The first-order chi connectivity index (χ1) is 19.4. The monoisotopic (exact) mass is 556 g/mol. The number of amides is 1. The second-order valence-corrected chi connectivity index (χ2v) is 10.8. The van der Waals surface area contributed by atoms with Gasteiger partial charge in [-0.2, -0.15) is 0 Å². The Morgan fingerprint density at radius 2 is 1.90 bits per heavy atom. The number of benzene rings is 3. The lowest BCUT2D eigenvalue weighted by atomic mass is 9.95. The van der Waals surface area contributed by atoms with Gasteiger partial charge in [0.2, 0.25) is 0 Å². The maximum atomic E-state index is 13.6. The molecule has 2 aliphatic rings. The van der Waals surface area contributed by atoms with Crippen LogP contribution in [0.2, 0.25) is 0 Å². The number of aliphatic hydroxyl groups excluding tert-OH is 1. The Balaban J connectivity index is 1.50. The molecule has 9 heteroatoms. The van der Waals surface area contributed by atoms with Crippen molar-refractivity contribution in [2.24, 2.45) is 0 Å². The zero-order chi connectivity index (χ0) is 27.8. The Morgan fingerprint density at radius 3 is 2.73 bits per heavy atom. The predicted octanol–water partition coefficient (Wildman–Crippen LogP) is 6.18. The van der Waals surface area contributed by atoms with Crippen LogP contribution in [0.25, 0.3) is 16.0 Å². The summed E-state index contributed by atoms with van der Waals surface area (Å²) in [5.74, 6) is -0.189. The SMILES string of the molecule is CCCCOc1cccc([C@@H]2/C(=C(\O)c3ccc4c(c3)OCCO4)C(=O)C(=O)N2c2nc3ccc(C)cc3s2)c1. The summed E-state index contributed by atoms with van der Waals surface area (Å²) in [5.41, 5.74) is 2.75. The fourth-order valence-corrected chi connectivity index (χ4v) is 6.01. The lowest BCUT2D eigenvalue weighted by molar-refractivity contribution is -0.132. The van der Waals surface area contributed by atoms with Crippen LogP contribution in [0.15, 0.2) is 66.2 Å². The van der Waals surface area contributed by atoms with Crippen molar-refractivity contribution in [3.63, 3.8) is 0 Å². The molecule has 0 spiro atoms. The number of carbonyl (C=O) groups excluding carboxylic acids is 2. The molecule has 0 saturated carbocycles. The number of hydrogen-bond donors (Lipinski definition) is 1. The van der Waals surface area contributed by atoms with E-state index < -0.39 is 17.7 Å². The molecule has 0 bridgehead atoms. The minimum absolute atomic E-state index is 0.0252. The van der Waals surface area contributed by atoms with E-state index in [1.807, 2.05) is 49.4 Å². The third-order valence-corrected chi connectivity index (χ3v) is 7.96. The highest BCUT2D eigenvalue weighted by molar-refractivity contribution is 7.22. The van der Waals surface area contributed by atoms with Crippen LogP contribution in [0.5, 0.6) is 17.2 Å². The van der Waals surface area contributed by atoms with Gasteiger partial charge in [0, 0.05) is 5.56 Å². The molecule has 1 fully saturated rings. The van der Waals surface area contributed by atoms with Crippen molar-refractivity contribution >= 4 is 44.1 Å². The normalized spacial score (nSPS) is 17.9. The Morgan fingerprint density at radius 1 is 1.07 bits per heavy atom. The highest BCUT2D eigenvalue weighted by atomic mass is 32.1. The summed E-state index contributed by atoms with van der Waals surface area (Å²) in [6.07, 6.45) is 1.89. The van der Waals surface area contributed by atoms with Crippen LogP contribution in [-0.2, 0) is 9.59 Å². The average molecular weight is 557 g/mol. The van der Waals surface area contributed by atoms with Crippen LogP contribution < -0.4 is 19.1 Å². The molecule has 3 heterocycles. The molecule has 204 valence electrons. The number of rotatable bonds is 7. The van der Waals surface area contributed by atoms with E-state index in [0.29, 0.717) is 53.3 Å². The van der Waals surface area contributed by atoms with Gasteiger partial charge in [0.1, 0.15) is 24.7 Å². The molecule has 0 aliphatic carbocycles. The largest absolute Gasteiger partial charge is 0.507 e. The van der Waals surface area contributed by atoms with Crippen molar-refractivity contribution in [2.75, 3.05) is 24.7 Å². The summed E-state index contributed by atoms with van der Waals surface area (Å²) in [5, 5.41) is 11.9. The number of aromatic nitrogens is 1. The van der Waals surface area contributed by atoms with Gasteiger partial charge in [-0.15, -0.1) is 0 Å². The third kappa shape index (κ3) is 4.66. The maximum absolute atomic E-state index is 13.6. The summed E-state index contributed by atoms with van der Waals surface area (Å²) in [6.45, 7) is 5.44. The molecule has 0 unspecified atom stereocenters. The Kier molecular flexibility index (Phi) is 6.89. The number of unbranched alkanes of at least 4 members (excludes halogenated alkanes) is 1. The van der Waals surface area contributed by atoms with Crippen molar-refractivity contribution in [1.29, 1.82) is 0 Å². The minimum atomic E-state index is -0.912. The number of anilines is 1. The highest BCUT2D eigenvalue weighted by Crippen LogP contribution is 2.45. The second kappa shape index (κ2) is 10.7. The number of aliphatic hydroxyl groups is 1. The topological polar surface area (TPSA) is 98.2 Å². The first-order valence-corrected chi connectivity index (χ1v) is 14.1. The molecule has 1 saturated heterocycles. The number of hydrogen-bond acceptors (Lipinski definition) is 8. The molecule has 40 heavy (non-hydrogen) atoms. The first-order valence-electron chi connectivity index (χ1n) is 13.3. The number of aryl methyl sites for hydroxylation is 1. The van der Waals surface area contributed by atoms with E-state index in [-0.39, 0.29) is 11.3 Å². The van der Waals surface area contributed by atoms with Crippen molar-refractivity contribution in [2.45, 2.75) is 32.7 Å². The smallest absolute Gasteiger partial charge is 0.301 e. The molecule has 2 aliphatic heterocycles. The van der Waals surface area contributed by atoms with Gasteiger partial charge >= 0.3 is 5.91 Å². The van der Waals surface area contributed by atoms with Crippen LogP contribution in [-0.4, -0.2) is 41.6 Å². The van der Waals surface area contributed by atoms with E-state index in [1.54, 1.807) is 18.2 Å². The van der Waals surface area contributed by atoms with Crippen LogP contribution in [0, 0.1) is 6.92 Å². The van der Waals surface area contributed by atoms with Crippen molar-refractivity contribution in [3.8, 4) is 17.2 Å². The van der Waals surface area contributed by atoms with Gasteiger partial charge < -0.3 is 19.3 Å². The van der Waals surface area contributed by atoms with E-state index in [2.05, 4.69) is 6.92 Å². The Labute approximate surface area is 235 Å². The van der Waals surface area contributed by atoms with Crippen molar-refractivity contribution in [1.82, 2.24) is 4.98 Å². The van der Waals surface area contributed by atoms with Crippen molar-refractivity contribution in [3.05, 3.63) is 82.9 Å². The summed E-state index contributed by atoms with van der Waals surface area (Å²) in [6, 6.07) is 17.2. The lowest BCUT2D eigenvalue weighted by Crippen LogP contribution is -2.29. The number of thiazole rings is 1. The van der Waals surface area contributed by atoms with Crippen LogP contribution in [0.1, 0.15) is 42.5 Å². The minimum Gasteiger partial charge on any atom is -0.507 e. The summed E-state index contributed by atoms with van der Waals surface area (Å²) in [4.78, 5) is 33.3. The van der Waals surface area contributed by atoms with Gasteiger partial charge in [-0.1, -0.05) is 42.9 Å². The van der Waals surface area contributed by atoms with E-state index in [9.17, 15) is 14.7 Å². The van der Waals surface area contributed by atoms with E-state index in [1.165, 1.54) is 16.2 Å². The van der Waals surface area contributed by atoms with Gasteiger partial charge in [0.15, 0.2) is 16.6 Å². The van der Waals surface area contributed by atoms with Gasteiger partial charge in [-0.3, -0.25) is 14.5 Å². The molecule has 6 rings (SSSR count). The highest BCUT2D eigenvalue weighted by Gasteiger charge is 2.48. The maximum Gasteiger partial charge on any atom is 0.301 e. The average Bonchev–Trinajstić information content (AvgIpc) is 3.50. The zero-order valence-electron chi connectivity index (χ0n) is 22.2. The molecule has 8 nitrogen and oxygen atoms in total. The fourth-order valence-electron chi connectivity index (χ4n) is 4.92. The van der Waals surface area contributed by atoms with E-state index in [0.717, 1.165) is 28.6 Å². The first kappa shape index (κ1) is 25.9. The number of ether oxygens (including phenoxy) is 3. The van der Waals surface area contributed by atoms with Gasteiger partial charge in [0.05, 0.1) is 28.4 Å². The summed E-state index contributed by atoms with van der Waals surface area (Å²) >= 11 is 1.33. The molecule has 4 aromatic rings. The molecule has 0 radical (unpaired) electrons. The van der Waals surface area contributed by atoms with Gasteiger partial charge in [-0.05, 0) is 66.9 Å². The summed E-state index contributed by atoms with van der Waals surface area (Å²) < 4.78 is 18.1. The molecule has 3 aromatic carbocycles. The predicted molar refractivity (Wildman–Crippen MR) is 153 cm³/mol. The number of Topliss-reactive ketones (excluding diaryl/α,β-unsaturated/α-hetero) is 1. The standard InChI is InChI=1S/C31H28N2O6S/c1-3-4-12-37-21-7-5-6-19(16-21)27-26(28(34)20-9-11-23-24(17-20)39-14-13-38-23)29(35)30(36)33(27)31-32-22-10-8-18(2)15-25(22)40-31/h5-11,15-17,27,34H,3-4,12-14H2,1-2H3/b28-26+/t27-/m1/s1. The molecule has 1 amide bonds. The molecule has 1 N–H and O–H groups in total. The van der Waals surface area contributed by atoms with Crippen molar-refractivity contribution < 1.29 is 28.9 Å². The molecular weight excluding hydrogens is 528 g/mol. The zero-order valence-corrected chi connectivity index (χ0v) is 23.0. The fraction of sp³-hybridized carbons (Fsp3) is 0.258. The Hall–Kier alpha value is -4.37. The third-order valence-electron chi connectivity index (χ3n) is 6.94. The number of fused-ring (bicyclic) bond motifs is 2. The van der Waals surface area contributed by atoms with Gasteiger partial charge in [-0.25, -0.2) is 4.98 Å². The number of carbonyl (C=O) groups is 2. The molecule has 1 aromatic heterocycles. The van der Waals surface area contributed by atoms with E-state index in [4.69, 9.17) is 19.2 Å². The van der Waals surface area contributed by atoms with Crippen LogP contribution in [0.3, 0.4) is 0 Å². The molecular formula is C31H28N2O6S. The quantitative estimate of drug-likeness (QED) is 0.126. The lowest BCUT2D eigenvalue weighted by Gasteiger charge is -2.24. The van der Waals surface area contributed by atoms with Crippen LogP contribution >= 0.6 is 11.3 Å². The second-order valence-electron chi connectivity index (χ2n) is 9.77. The molecule has 1 atom stereocenters.